The summed E-state index contributed by atoms with van der Waals surface area (Å²) in [6, 6.07) is 15.4. The van der Waals surface area contributed by atoms with Gasteiger partial charge in [-0.15, -0.1) is 0 Å². The van der Waals surface area contributed by atoms with Crippen LogP contribution in [0, 0.1) is 0 Å². The van der Waals surface area contributed by atoms with Gasteiger partial charge in [-0.3, -0.25) is 4.79 Å². The van der Waals surface area contributed by atoms with E-state index in [0.717, 1.165) is 23.3 Å². The molecular formula is C18H19NO3. The molecule has 1 atom stereocenters. The van der Waals surface area contributed by atoms with Crippen molar-refractivity contribution in [2.45, 2.75) is 19.1 Å². The van der Waals surface area contributed by atoms with Gasteiger partial charge >= 0.3 is 0 Å². The van der Waals surface area contributed by atoms with Crippen LogP contribution in [0.5, 0.6) is 5.75 Å². The molecule has 0 saturated carbocycles. The monoisotopic (exact) mass is 297 g/mol. The first kappa shape index (κ1) is 14.6. The molecule has 3 rings (SSSR count). The van der Waals surface area contributed by atoms with E-state index in [1.54, 1.807) is 7.11 Å². The minimum absolute atomic E-state index is 0.0157. The topological polar surface area (TPSA) is 47.6 Å². The number of ether oxygens (including phenoxy) is 2. The van der Waals surface area contributed by atoms with E-state index in [9.17, 15) is 4.79 Å². The summed E-state index contributed by atoms with van der Waals surface area (Å²) in [6.07, 6.45) is 0.786. The first-order chi connectivity index (χ1) is 10.8. The predicted molar refractivity (Wildman–Crippen MR) is 84.1 cm³/mol. The number of carbonyl (C=O) groups is 1. The fourth-order valence-electron chi connectivity index (χ4n) is 2.71. The lowest BCUT2D eigenvalue weighted by Crippen LogP contribution is -2.43. The Balaban J connectivity index is 1.71. The molecule has 4 heteroatoms. The zero-order valence-corrected chi connectivity index (χ0v) is 12.5. The van der Waals surface area contributed by atoms with Gasteiger partial charge < -0.3 is 14.8 Å². The lowest BCUT2D eigenvalue weighted by Gasteiger charge is -2.26. The quantitative estimate of drug-likeness (QED) is 0.943. The van der Waals surface area contributed by atoms with Crippen molar-refractivity contribution >= 4 is 5.91 Å². The van der Waals surface area contributed by atoms with Crippen LogP contribution in [0.4, 0.5) is 0 Å². The van der Waals surface area contributed by atoms with Gasteiger partial charge in [-0.1, -0.05) is 36.4 Å². The molecule has 4 nitrogen and oxygen atoms in total. The fourth-order valence-corrected chi connectivity index (χ4v) is 2.71. The predicted octanol–water partition coefficient (Wildman–Crippen LogP) is 2.57. The minimum atomic E-state index is -0.0827. The van der Waals surface area contributed by atoms with Crippen LogP contribution >= 0.6 is 0 Å². The molecule has 114 valence electrons. The molecule has 0 spiro atoms. The van der Waals surface area contributed by atoms with Crippen LogP contribution < -0.4 is 10.1 Å². The average molecular weight is 297 g/mol. The molecule has 22 heavy (non-hydrogen) atoms. The van der Waals surface area contributed by atoms with Crippen LogP contribution in [-0.2, 0) is 17.8 Å². The Bertz CT molecular complexity index is 669. The largest absolute Gasteiger partial charge is 0.491 e. The Morgan fingerprint density at radius 2 is 2.00 bits per heavy atom. The molecule has 0 radical (unpaired) electrons. The average Bonchev–Trinajstić information content (AvgIpc) is 2.55. The van der Waals surface area contributed by atoms with Crippen LogP contribution in [0.15, 0.2) is 48.5 Å². The molecule has 1 N–H and O–H groups in total. The number of fused-ring (bicyclic) bond motifs is 1. The van der Waals surface area contributed by atoms with Crippen molar-refractivity contribution in [3.8, 4) is 5.75 Å². The Kier molecular flexibility index (Phi) is 4.39. The maximum atomic E-state index is 12.5. The number of rotatable bonds is 4. The van der Waals surface area contributed by atoms with Gasteiger partial charge in [0.15, 0.2) is 0 Å². The number of nitrogens with one attached hydrogen (secondary N) is 1. The summed E-state index contributed by atoms with van der Waals surface area (Å²) in [4.78, 5) is 12.5. The molecule has 1 aliphatic heterocycles. The van der Waals surface area contributed by atoms with Crippen LogP contribution in [-0.4, -0.2) is 25.7 Å². The zero-order chi connectivity index (χ0) is 15.4. The second-order valence-corrected chi connectivity index (χ2v) is 5.38. The first-order valence-corrected chi connectivity index (χ1v) is 7.36. The maximum Gasteiger partial charge on any atom is 0.251 e. The van der Waals surface area contributed by atoms with Gasteiger partial charge in [-0.25, -0.2) is 0 Å². The number of amides is 1. The summed E-state index contributed by atoms with van der Waals surface area (Å²) in [5, 5.41) is 3.06. The highest BCUT2D eigenvalue weighted by Crippen LogP contribution is 2.24. The molecule has 0 fully saturated rings. The fraction of sp³-hybridized carbons (Fsp3) is 0.278. The highest BCUT2D eigenvalue weighted by atomic mass is 16.5. The van der Waals surface area contributed by atoms with E-state index in [0.29, 0.717) is 18.8 Å². The zero-order valence-electron chi connectivity index (χ0n) is 12.5. The summed E-state index contributed by atoms with van der Waals surface area (Å²) >= 11 is 0. The van der Waals surface area contributed by atoms with Crippen molar-refractivity contribution in [2.24, 2.45) is 0 Å². The second kappa shape index (κ2) is 6.62. The van der Waals surface area contributed by atoms with Crippen molar-refractivity contribution in [1.29, 1.82) is 0 Å². The molecule has 1 heterocycles. The van der Waals surface area contributed by atoms with Crippen molar-refractivity contribution in [1.82, 2.24) is 5.32 Å². The number of benzene rings is 2. The number of hydrogen-bond donors (Lipinski definition) is 1. The SMILES string of the molecule is COCc1ccccc1C(=O)N[C@@H]1COc2ccccc2C1. The Morgan fingerprint density at radius 3 is 2.86 bits per heavy atom. The Morgan fingerprint density at radius 1 is 1.23 bits per heavy atom. The number of para-hydroxylation sites is 1. The lowest BCUT2D eigenvalue weighted by molar-refractivity contribution is 0.0910. The van der Waals surface area contributed by atoms with Gasteiger partial charge in [0.2, 0.25) is 0 Å². The van der Waals surface area contributed by atoms with E-state index in [-0.39, 0.29) is 11.9 Å². The summed E-state index contributed by atoms with van der Waals surface area (Å²) in [7, 11) is 1.63. The molecule has 0 aliphatic carbocycles. The summed E-state index contributed by atoms with van der Waals surface area (Å²) in [5.41, 5.74) is 2.67. The second-order valence-electron chi connectivity index (χ2n) is 5.38. The van der Waals surface area contributed by atoms with Gasteiger partial charge in [0, 0.05) is 12.7 Å². The first-order valence-electron chi connectivity index (χ1n) is 7.36. The molecule has 2 aromatic carbocycles. The number of carbonyl (C=O) groups excluding carboxylic acids is 1. The third-order valence-corrected chi connectivity index (χ3v) is 3.78. The van der Waals surface area contributed by atoms with E-state index in [2.05, 4.69) is 5.32 Å². The van der Waals surface area contributed by atoms with E-state index >= 15 is 0 Å². The van der Waals surface area contributed by atoms with Gasteiger partial charge in [-0.05, 0) is 29.7 Å². The van der Waals surface area contributed by atoms with Gasteiger partial charge in [-0.2, -0.15) is 0 Å². The highest BCUT2D eigenvalue weighted by molar-refractivity contribution is 5.95. The Hall–Kier alpha value is -2.33. The van der Waals surface area contributed by atoms with E-state index in [1.165, 1.54) is 0 Å². The Labute approximate surface area is 130 Å². The summed E-state index contributed by atoms with van der Waals surface area (Å²) in [6.45, 7) is 0.919. The summed E-state index contributed by atoms with van der Waals surface area (Å²) in [5.74, 6) is 0.827. The molecule has 0 aromatic heterocycles. The minimum Gasteiger partial charge on any atom is -0.491 e. The third kappa shape index (κ3) is 3.12. The van der Waals surface area contributed by atoms with Gasteiger partial charge in [0.05, 0.1) is 12.6 Å². The molecule has 0 bridgehead atoms. The standard InChI is InChI=1S/C18H19NO3/c1-21-11-14-7-2-4-8-16(14)18(20)19-15-10-13-6-3-5-9-17(13)22-12-15/h2-9,15H,10-12H2,1H3,(H,19,20)/t15-/m0/s1. The smallest absolute Gasteiger partial charge is 0.251 e. The highest BCUT2D eigenvalue weighted by Gasteiger charge is 2.22. The van der Waals surface area contributed by atoms with Crippen molar-refractivity contribution in [3.63, 3.8) is 0 Å². The number of methoxy groups -OCH3 is 1. The van der Waals surface area contributed by atoms with Crippen LogP contribution in [0.25, 0.3) is 0 Å². The normalized spacial score (nSPS) is 16.5. The summed E-state index contributed by atoms with van der Waals surface area (Å²) < 4.78 is 10.9. The van der Waals surface area contributed by atoms with E-state index in [4.69, 9.17) is 9.47 Å². The van der Waals surface area contributed by atoms with Crippen molar-refractivity contribution in [3.05, 3.63) is 65.2 Å². The van der Waals surface area contributed by atoms with Crippen LogP contribution in [0.2, 0.25) is 0 Å². The van der Waals surface area contributed by atoms with Crippen LogP contribution in [0.3, 0.4) is 0 Å². The third-order valence-electron chi connectivity index (χ3n) is 3.78. The van der Waals surface area contributed by atoms with Gasteiger partial charge in [0.25, 0.3) is 5.91 Å². The maximum absolute atomic E-state index is 12.5. The molecule has 1 aliphatic rings. The van der Waals surface area contributed by atoms with Gasteiger partial charge in [0.1, 0.15) is 12.4 Å². The van der Waals surface area contributed by atoms with E-state index in [1.807, 2.05) is 48.5 Å². The molecule has 0 unspecified atom stereocenters. The number of hydrogen-bond acceptors (Lipinski definition) is 3. The van der Waals surface area contributed by atoms with Crippen molar-refractivity contribution < 1.29 is 14.3 Å². The van der Waals surface area contributed by atoms with E-state index < -0.39 is 0 Å². The molecule has 0 saturated heterocycles. The van der Waals surface area contributed by atoms with Crippen LogP contribution in [0.1, 0.15) is 21.5 Å². The lowest BCUT2D eigenvalue weighted by atomic mass is 10.0. The van der Waals surface area contributed by atoms with Crippen molar-refractivity contribution in [2.75, 3.05) is 13.7 Å². The molecule has 1 amide bonds. The molecule has 2 aromatic rings. The molecular weight excluding hydrogens is 278 g/mol.